The molecule has 8 nitrogen and oxygen atoms in total. The van der Waals surface area contributed by atoms with E-state index in [1.807, 2.05) is 30.3 Å². The van der Waals surface area contributed by atoms with Crippen LogP contribution in [0.5, 0.6) is 0 Å². The number of aromatic nitrogens is 2. The van der Waals surface area contributed by atoms with E-state index in [1.54, 1.807) is 61.0 Å². The van der Waals surface area contributed by atoms with E-state index in [0.717, 1.165) is 5.56 Å². The molecule has 1 amide bonds. The zero-order valence-corrected chi connectivity index (χ0v) is 20.3. The van der Waals surface area contributed by atoms with E-state index in [0.29, 0.717) is 22.3 Å². The fourth-order valence-corrected chi connectivity index (χ4v) is 3.94. The number of fused-ring (bicyclic) bond motifs is 1. The molecule has 0 aliphatic carbocycles. The molecule has 4 aromatic rings. The van der Waals surface area contributed by atoms with Crippen LogP contribution in [0, 0.1) is 0 Å². The Labute approximate surface area is 208 Å². The largest absolute Gasteiger partial charge is 0.464 e. The molecule has 0 aliphatic rings. The second-order valence-corrected chi connectivity index (χ2v) is 9.06. The number of esters is 1. The van der Waals surface area contributed by atoms with Gasteiger partial charge >= 0.3 is 5.97 Å². The zero-order valence-electron chi connectivity index (χ0n) is 20.3. The Morgan fingerprint density at radius 1 is 1.03 bits per heavy atom. The minimum Gasteiger partial charge on any atom is -0.464 e. The van der Waals surface area contributed by atoms with Crippen LogP contribution in [0.1, 0.15) is 45.8 Å². The van der Waals surface area contributed by atoms with Crippen molar-refractivity contribution in [3.8, 4) is 5.69 Å². The Morgan fingerprint density at radius 3 is 2.36 bits per heavy atom. The number of carbonyl (C=O) groups is 2. The number of hydrogen-bond acceptors (Lipinski definition) is 6. The van der Waals surface area contributed by atoms with Crippen LogP contribution in [0.2, 0.25) is 0 Å². The zero-order chi connectivity index (χ0) is 25.9. The lowest BCUT2D eigenvalue weighted by Crippen LogP contribution is -2.38. The highest BCUT2D eigenvalue weighted by Crippen LogP contribution is 2.23. The van der Waals surface area contributed by atoms with Crippen molar-refractivity contribution in [3.63, 3.8) is 0 Å². The molecule has 0 bridgehead atoms. The van der Waals surface area contributed by atoms with Gasteiger partial charge in [0.2, 0.25) is 0 Å². The molecule has 184 valence electrons. The van der Waals surface area contributed by atoms with Gasteiger partial charge in [0, 0.05) is 36.0 Å². The van der Waals surface area contributed by atoms with E-state index in [-0.39, 0.29) is 35.6 Å². The Balaban J connectivity index is 1.81. The van der Waals surface area contributed by atoms with Crippen molar-refractivity contribution in [1.82, 2.24) is 14.9 Å². The molecule has 0 radical (unpaired) electrons. The Kier molecular flexibility index (Phi) is 6.98. The van der Waals surface area contributed by atoms with Crippen LogP contribution < -0.4 is 10.7 Å². The first-order valence-electron chi connectivity index (χ1n) is 11.5. The van der Waals surface area contributed by atoms with Gasteiger partial charge in [0.1, 0.15) is 11.3 Å². The van der Waals surface area contributed by atoms with E-state index in [1.165, 1.54) is 7.11 Å². The maximum atomic E-state index is 13.6. The van der Waals surface area contributed by atoms with Crippen molar-refractivity contribution in [3.05, 3.63) is 106 Å². The number of ether oxygens (including phenoxy) is 1. The molecule has 0 spiro atoms. The van der Waals surface area contributed by atoms with E-state index in [2.05, 4.69) is 10.3 Å². The van der Waals surface area contributed by atoms with Gasteiger partial charge in [-0.2, -0.15) is 0 Å². The summed E-state index contributed by atoms with van der Waals surface area (Å²) in [4.78, 5) is 43.4. The van der Waals surface area contributed by atoms with Crippen molar-refractivity contribution in [1.29, 1.82) is 0 Å². The van der Waals surface area contributed by atoms with Crippen LogP contribution >= 0.6 is 0 Å². The van der Waals surface area contributed by atoms with Gasteiger partial charge in [0.05, 0.1) is 18.1 Å². The number of nitrogens with zero attached hydrogens (tertiary/aromatic N) is 2. The molecule has 2 aromatic heterocycles. The standard InChI is InChI=1S/C28H27N3O5/c1-28(2,35)17-30-26(33)19-13-11-18(12-14-19)16-22-23(27(34)36-3)31(20-8-5-4-6-9-20)25-21(24(22)32)10-7-15-29-25/h4-15,35H,16-17H2,1-3H3,(H,30,33). The highest BCUT2D eigenvalue weighted by molar-refractivity contribution is 5.95. The molecule has 0 unspecified atom stereocenters. The molecule has 2 heterocycles. The lowest BCUT2D eigenvalue weighted by Gasteiger charge is -2.19. The number of para-hydroxylation sites is 1. The summed E-state index contributed by atoms with van der Waals surface area (Å²) < 4.78 is 6.73. The fourth-order valence-electron chi connectivity index (χ4n) is 3.94. The van der Waals surface area contributed by atoms with Gasteiger partial charge in [-0.3, -0.25) is 14.2 Å². The summed E-state index contributed by atoms with van der Waals surface area (Å²) in [5, 5.41) is 12.9. The van der Waals surface area contributed by atoms with Crippen LogP contribution in [0.3, 0.4) is 0 Å². The molecule has 0 fully saturated rings. The lowest BCUT2D eigenvalue weighted by molar-refractivity contribution is 0.0589. The lowest BCUT2D eigenvalue weighted by atomic mass is 9.99. The van der Waals surface area contributed by atoms with Crippen LogP contribution in [0.25, 0.3) is 16.7 Å². The quantitative estimate of drug-likeness (QED) is 0.389. The average Bonchev–Trinajstić information content (AvgIpc) is 2.88. The number of pyridine rings is 2. The number of amides is 1. The number of methoxy groups -OCH3 is 1. The van der Waals surface area contributed by atoms with E-state index in [9.17, 15) is 19.5 Å². The third-order valence-electron chi connectivity index (χ3n) is 5.70. The van der Waals surface area contributed by atoms with Crippen LogP contribution in [0.15, 0.2) is 77.7 Å². The monoisotopic (exact) mass is 485 g/mol. The van der Waals surface area contributed by atoms with E-state index < -0.39 is 11.6 Å². The first-order chi connectivity index (χ1) is 17.2. The van der Waals surface area contributed by atoms with Gasteiger partial charge < -0.3 is 15.2 Å². The highest BCUT2D eigenvalue weighted by atomic mass is 16.5. The van der Waals surface area contributed by atoms with Crippen LogP contribution in [-0.4, -0.2) is 45.8 Å². The van der Waals surface area contributed by atoms with Gasteiger partial charge in [0.25, 0.3) is 5.91 Å². The van der Waals surface area contributed by atoms with Gasteiger partial charge in [-0.25, -0.2) is 9.78 Å². The molecular formula is C28H27N3O5. The number of benzene rings is 2. The molecular weight excluding hydrogens is 458 g/mol. The van der Waals surface area contributed by atoms with E-state index >= 15 is 0 Å². The third-order valence-corrected chi connectivity index (χ3v) is 5.70. The number of rotatable bonds is 7. The molecule has 0 aliphatic heterocycles. The predicted octanol–water partition coefficient (Wildman–Crippen LogP) is 3.26. The maximum absolute atomic E-state index is 13.6. The Bertz CT molecular complexity index is 1470. The Morgan fingerprint density at radius 2 is 1.72 bits per heavy atom. The van der Waals surface area contributed by atoms with Crippen molar-refractivity contribution in [2.24, 2.45) is 0 Å². The maximum Gasteiger partial charge on any atom is 0.355 e. The first kappa shape index (κ1) is 24.8. The topological polar surface area (TPSA) is 111 Å². The van der Waals surface area contributed by atoms with E-state index in [4.69, 9.17) is 4.74 Å². The van der Waals surface area contributed by atoms with Gasteiger partial charge in [0.15, 0.2) is 5.43 Å². The van der Waals surface area contributed by atoms with Gasteiger partial charge in [-0.15, -0.1) is 0 Å². The summed E-state index contributed by atoms with van der Waals surface area (Å²) in [5.41, 5.74) is 1.22. The minimum atomic E-state index is -1.02. The summed E-state index contributed by atoms with van der Waals surface area (Å²) in [7, 11) is 1.27. The molecule has 36 heavy (non-hydrogen) atoms. The molecule has 8 heteroatoms. The summed E-state index contributed by atoms with van der Waals surface area (Å²) in [5.74, 6) is -0.969. The number of carbonyl (C=O) groups excluding carboxylic acids is 2. The highest BCUT2D eigenvalue weighted by Gasteiger charge is 2.25. The Hall–Kier alpha value is -4.30. The third kappa shape index (κ3) is 5.18. The summed E-state index contributed by atoms with van der Waals surface area (Å²) in [6.07, 6.45) is 1.72. The summed E-state index contributed by atoms with van der Waals surface area (Å²) in [6.45, 7) is 3.33. The number of aliphatic hydroxyl groups is 1. The SMILES string of the molecule is COC(=O)c1c(Cc2ccc(C(=O)NCC(C)(C)O)cc2)c(=O)c2cccnc2n1-c1ccccc1. The van der Waals surface area contributed by atoms with Crippen LogP contribution in [-0.2, 0) is 11.2 Å². The average molecular weight is 486 g/mol. The first-order valence-corrected chi connectivity index (χ1v) is 11.5. The minimum absolute atomic E-state index is 0.104. The summed E-state index contributed by atoms with van der Waals surface area (Å²) in [6, 6.07) is 19.3. The van der Waals surface area contributed by atoms with Crippen molar-refractivity contribution < 1.29 is 19.4 Å². The van der Waals surface area contributed by atoms with Crippen molar-refractivity contribution in [2.75, 3.05) is 13.7 Å². The molecule has 2 aromatic carbocycles. The molecule has 0 saturated heterocycles. The fraction of sp³-hybridized carbons (Fsp3) is 0.214. The van der Waals surface area contributed by atoms with Crippen molar-refractivity contribution in [2.45, 2.75) is 25.9 Å². The molecule has 2 N–H and O–H groups in total. The van der Waals surface area contributed by atoms with Crippen molar-refractivity contribution >= 4 is 22.9 Å². The molecule has 4 rings (SSSR count). The second kappa shape index (κ2) is 10.1. The van der Waals surface area contributed by atoms with Crippen LogP contribution in [0.4, 0.5) is 0 Å². The second-order valence-electron chi connectivity index (χ2n) is 9.06. The van der Waals surface area contributed by atoms with Gasteiger partial charge in [-0.05, 0) is 55.8 Å². The smallest absolute Gasteiger partial charge is 0.355 e. The number of hydrogen-bond donors (Lipinski definition) is 2. The molecule has 0 atom stereocenters. The number of nitrogens with one attached hydrogen (secondary N) is 1. The normalized spacial score (nSPS) is 11.3. The summed E-state index contributed by atoms with van der Waals surface area (Å²) >= 11 is 0. The van der Waals surface area contributed by atoms with Gasteiger partial charge in [-0.1, -0.05) is 30.3 Å². The predicted molar refractivity (Wildman–Crippen MR) is 137 cm³/mol. The molecule has 0 saturated carbocycles.